The van der Waals surface area contributed by atoms with E-state index in [-0.39, 0.29) is 5.75 Å². The van der Waals surface area contributed by atoms with Crippen LogP contribution in [0.1, 0.15) is 23.1 Å². The fraction of sp³-hybridized carbons (Fsp3) is 0.333. The second-order valence-electron chi connectivity index (χ2n) is 5.36. The molecule has 0 bridgehead atoms. The molecule has 0 saturated heterocycles. The highest BCUT2D eigenvalue weighted by molar-refractivity contribution is 7.96. The third kappa shape index (κ3) is 4.68. The Kier molecular flexibility index (Phi) is 6.16. The Labute approximate surface area is 136 Å². The average molecular weight is 317 g/mol. The molecular weight excluding hydrogens is 294 g/mol. The summed E-state index contributed by atoms with van der Waals surface area (Å²) in [5.74, 6) is 1.88. The van der Waals surface area contributed by atoms with Gasteiger partial charge in [-0.25, -0.2) is 0 Å². The lowest BCUT2D eigenvalue weighted by Gasteiger charge is -2.14. The molecule has 2 N–H and O–H groups in total. The Morgan fingerprint density at radius 2 is 1.73 bits per heavy atom. The van der Waals surface area contributed by atoms with Gasteiger partial charge in [0.1, 0.15) is 17.2 Å². The first kappa shape index (κ1) is 16.7. The van der Waals surface area contributed by atoms with E-state index in [2.05, 4.69) is 30.7 Å². The Bertz CT molecular complexity index is 588. The van der Waals surface area contributed by atoms with Gasteiger partial charge in [0.2, 0.25) is 0 Å². The highest BCUT2D eigenvalue weighted by Gasteiger charge is 2.08. The standard InChI is InChI=1S/C18H23NO2S/c1-13-11-15(5-4-10-19-22-3)12-14(2)18(13)21-17-8-6-16(20)7-9-17/h6-9,11-12,19-20H,4-5,10H2,1-3H3. The second-order valence-corrected chi connectivity index (χ2v) is 6.05. The molecule has 3 nitrogen and oxygen atoms in total. The van der Waals surface area contributed by atoms with Crippen molar-refractivity contribution in [3.05, 3.63) is 53.1 Å². The van der Waals surface area contributed by atoms with E-state index in [1.165, 1.54) is 5.56 Å². The van der Waals surface area contributed by atoms with Gasteiger partial charge in [-0.2, -0.15) is 0 Å². The maximum absolute atomic E-state index is 9.33. The smallest absolute Gasteiger partial charge is 0.133 e. The number of nitrogens with one attached hydrogen (secondary N) is 1. The van der Waals surface area contributed by atoms with Crippen LogP contribution in [0, 0.1) is 13.8 Å². The summed E-state index contributed by atoms with van der Waals surface area (Å²) in [7, 11) is 0. The molecule has 4 heteroatoms. The summed E-state index contributed by atoms with van der Waals surface area (Å²) >= 11 is 1.66. The van der Waals surface area contributed by atoms with Gasteiger partial charge >= 0.3 is 0 Å². The van der Waals surface area contributed by atoms with Gasteiger partial charge in [-0.3, -0.25) is 4.72 Å². The molecule has 0 aliphatic heterocycles. The van der Waals surface area contributed by atoms with Crippen molar-refractivity contribution in [2.45, 2.75) is 26.7 Å². The Morgan fingerprint density at radius 3 is 2.32 bits per heavy atom. The number of ether oxygens (including phenoxy) is 1. The van der Waals surface area contributed by atoms with Gasteiger partial charge in [0, 0.05) is 6.54 Å². The van der Waals surface area contributed by atoms with E-state index in [1.807, 2.05) is 6.26 Å². The third-order valence-electron chi connectivity index (χ3n) is 3.47. The van der Waals surface area contributed by atoms with Gasteiger partial charge < -0.3 is 9.84 Å². The lowest BCUT2D eigenvalue weighted by atomic mass is 10.0. The van der Waals surface area contributed by atoms with Crippen molar-refractivity contribution in [3.8, 4) is 17.2 Å². The maximum atomic E-state index is 9.33. The van der Waals surface area contributed by atoms with Crippen LogP contribution in [0.5, 0.6) is 17.2 Å². The molecule has 0 fully saturated rings. The molecule has 0 atom stereocenters. The molecule has 0 amide bonds. The van der Waals surface area contributed by atoms with Gasteiger partial charge in [0.25, 0.3) is 0 Å². The summed E-state index contributed by atoms with van der Waals surface area (Å²) in [5.41, 5.74) is 3.62. The van der Waals surface area contributed by atoms with Crippen LogP contribution >= 0.6 is 11.9 Å². The molecule has 0 unspecified atom stereocenters. The van der Waals surface area contributed by atoms with Gasteiger partial charge in [-0.05, 0) is 73.9 Å². The molecular formula is C18H23NO2S. The van der Waals surface area contributed by atoms with Gasteiger partial charge in [0.05, 0.1) is 0 Å². The number of phenolic OH excluding ortho intramolecular Hbond substituents is 1. The van der Waals surface area contributed by atoms with E-state index in [0.717, 1.165) is 42.0 Å². The first-order valence-corrected chi connectivity index (χ1v) is 8.65. The number of benzene rings is 2. The first-order valence-electron chi connectivity index (χ1n) is 7.43. The molecule has 0 aromatic heterocycles. The highest BCUT2D eigenvalue weighted by Crippen LogP contribution is 2.30. The molecule has 2 rings (SSSR count). The van der Waals surface area contributed by atoms with Crippen molar-refractivity contribution in [2.75, 3.05) is 12.8 Å². The Morgan fingerprint density at radius 1 is 1.09 bits per heavy atom. The molecule has 0 radical (unpaired) electrons. The second kappa shape index (κ2) is 8.11. The largest absolute Gasteiger partial charge is 0.508 e. The number of aromatic hydroxyl groups is 1. The van der Waals surface area contributed by atoms with Crippen LogP contribution in [0.3, 0.4) is 0 Å². The van der Waals surface area contributed by atoms with Crippen LogP contribution in [-0.4, -0.2) is 17.9 Å². The fourth-order valence-electron chi connectivity index (χ4n) is 2.44. The number of hydrogen-bond acceptors (Lipinski definition) is 4. The van der Waals surface area contributed by atoms with Crippen LogP contribution in [-0.2, 0) is 6.42 Å². The Hall–Kier alpha value is -1.65. The van der Waals surface area contributed by atoms with Crippen molar-refractivity contribution in [2.24, 2.45) is 0 Å². The predicted molar refractivity (Wildman–Crippen MR) is 93.9 cm³/mol. The van der Waals surface area contributed by atoms with Crippen LogP contribution in [0.25, 0.3) is 0 Å². The van der Waals surface area contributed by atoms with E-state index >= 15 is 0 Å². The number of phenols is 1. The maximum Gasteiger partial charge on any atom is 0.133 e. The van der Waals surface area contributed by atoms with Crippen LogP contribution in [0.4, 0.5) is 0 Å². The minimum Gasteiger partial charge on any atom is -0.508 e. The predicted octanol–water partition coefficient (Wildman–Crippen LogP) is 4.60. The zero-order valence-electron chi connectivity index (χ0n) is 13.3. The van der Waals surface area contributed by atoms with Crippen molar-refractivity contribution in [3.63, 3.8) is 0 Å². The van der Waals surface area contributed by atoms with Crippen molar-refractivity contribution >= 4 is 11.9 Å². The zero-order valence-corrected chi connectivity index (χ0v) is 14.2. The number of aryl methyl sites for hydroxylation is 3. The van der Waals surface area contributed by atoms with Gasteiger partial charge in [0.15, 0.2) is 0 Å². The number of rotatable bonds is 7. The van der Waals surface area contributed by atoms with Crippen molar-refractivity contribution < 1.29 is 9.84 Å². The SMILES string of the molecule is CSNCCCc1cc(C)c(Oc2ccc(O)cc2)c(C)c1. The topological polar surface area (TPSA) is 41.5 Å². The minimum absolute atomic E-state index is 0.245. The quantitative estimate of drug-likeness (QED) is 0.578. The van der Waals surface area contributed by atoms with Crippen molar-refractivity contribution in [1.29, 1.82) is 0 Å². The zero-order chi connectivity index (χ0) is 15.9. The Balaban J connectivity index is 2.07. The molecule has 22 heavy (non-hydrogen) atoms. The average Bonchev–Trinajstić information content (AvgIpc) is 2.49. The lowest BCUT2D eigenvalue weighted by Crippen LogP contribution is -2.05. The van der Waals surface area contributed by atoms with E-state index < -0.39 is 0 Å². The summed E-state index contributed by atoms with van der Waals surface area (Å²) in [6.45, 7) is 5.17. The van der Waals surface area contributed by atoms with Crippen LogP contribution < -0.4 is 9.46 Å². The minimum atomic E-state index is 0.245. The molecule has 0 saturated carbocycles. The van der Waals surface area contributed by atoms with E-state index in [9.17, 15) is 5.11 Å². The molecule has 2 aromatic carbocycles. The molecule has 118 valence electrons. The summed E-state index contributed by atoms with van der Waals surface area (Å²) in [4.78, 5) is 0. The summed E-state index contributed by atoms with van der Waals surface area (Å²) < 4.78 is 9.23. The highest BCUT2D eigenvalue weighted by atomic mass is 32.2. The van der Waals surface area contributed by atoms with E-state index in [1.54, 1.807) is 36.2 Å². The molecule has 2 aromatic rings. The molecule has 0 aliphatic carbocycles. The molecule has 0 heterocycles. The van der Waals surface area contributed by atoms with Crippen LogP contribution in [0.2, 0.25) is 0 Å². The summed E-state index contributed by atoms with van der Waals surface area (Å²) in [6.07, 6.45) is 4.23. The summed E-state index contributed by atoms with van der Waals surface area (Å²) in [6, 6.07) is 11.2. The van der Waals surface area contributed by atoms with E-state index in [0.29, 0.717) is 0 Å². The number of hydrogen-bond donors (Lipinski definition) is 2. The van der Waals surface area contributed by atoms with E-state index in [4.69, 9.17) is 4.74 Å². The van der Waals surface area contributed by atoms with Gasteiger partial charge in [-0.15, -0.1) is 0 Å². The molecule has 0 aliphatic rings. The fourth-order valence-corrected chi connectivity index (χ4v) is 2.79. The monoisotopic (exact) mass is 317 g/mol. The van der Waals surface area contributed by atoms with Gasteiger partial charge in [-0.1, -0.05) is 24.1 Å². The summed E-state index contributed by atoms with van der Waals surface area (Å²) in [5, 5.41) is 9.33. The first-order chi connectivity index (χ1) is 10.6. The van der Waals surface area contributed by atoms with Crippen molar-refractivity contribution in [1.82, 2.24) is 4.72 Å². The van der Waals surface area contributed by atoms with Crippen LogP contribution in [0.15, 0.2) is 36.4 Å². The lowest BCUT2D eigenvalue weighted by molar-refractivity contribution is 0.461. The normalized spacial score (nSPS) is 10.7. The molecule has 0 spiro atoms. The third-order valence-corrected chi connectivity index (χ3v) is 3.96.